The Balaban J connectivity index is 1.62. The van der Waals surface area contributed by atoms with Crippen LogP contribution in [0.1, 0.15) is 40.4 Å². The van der Waals surface area contributed by atoms with Gasteiger partial charge in [0.15, 0.2) is 6.61 Å². The summed E-state index contributed by atoms with van der Waals surface area (Å²) in [6, 6.07) is 7.98. The molecule has 0 spiro atoms. The van der Waals surface area contributed by atoms with Crippen LogP contribution in [-0.4, -0.2) is 36.1 Å². The zero-order chi connectivity index (χ0) is 22.6. The van der Waals surface area contributed by atoms with E-state index >= 15 is 0 Å². The van der Waals surface area contributed by atoms with Crippen molar-refractivity contribution in [1.82, 2.24) is 4.98 Å². The van der Waals surface area contributed by atoms with Crippen molar-refractivity contribution < 1.29 is 32.2 Å². The minimum absolute atomic E-state index is 0.0465. The fourth-order valence-corrected chi connectivity index (χ4v) is 3.25. The zero-order valence-corrected chi connectivity index (χ0v) is 17.0. The van der Waals surface area contributed by atoms with E-state index in [1.165, 1.54) is 30.0 Å². The van der Waals surface area contributed by atoms with E-state index in [-0.39, 0.29) is 22.7 Å². The summed E-state index contributed by atoms with van der Waals surface area (Å²) < 4.78 is 45.3. The molecular formula is C20H16F3N3O4S. The number of hydrogen-bond donors (Lipinski definition) is 1. The molecule has 1 saturated carbocycles. The molecule has 1 aliphatic rings. The van der Waals surface area contributed by atoms with Crippen LogP contribution >= 0.6 is 11.8 Å². The predicted octanol–water partition coefficient (Wildman–Crippen LogP) is 4.25. The molecule has 2 aromatic rings. The van der Waals surface area contributed by atoms with Gasteiger partial charge in [-0.2, -0.15) is 5.26 Å². The Kier molecular flexibility index (Phi) is 6.70. The van der Waals surface area contributed by atoms with Gasteiger partial charge >= 0.3 is 12.3 Å². The average molecular weight is 451 g/mol. The highest BCUT2D eigenvalue weighted by molar-refractivity contribution is 7.98. The third-order valence-corrected chi connectivity index (χ3v) is 4.91. The second-order valence-electron chi connectivity index (χ2n) is 6.56. The number of benzene rings is 1. The summed E-state index contributed by atoms with van der Waals surface area (Å²) in [5.74, 6) is -1.72. The fourth-order valence-electron chi connectivity index (χ4n) is 2.69. The maximum atomic E-state index is 12.5. The Morgan fingerprint density at radius 2 is 1.97 bits per heavy atom. The van der Waals surface area contributed by atoms with Crippen molar-refractivity contribution in [1.29, 1.82) is 5.26 Å². The lowest BCUT2D eigenvalue weighted by Crippen LogP contribution is -2.21. The summed E-state index contributed by atoms with van der Waals surface area (Å²) in [6.45, 7) is -0.639. The monoisotopic (exact) mass is 451 g/mol. The van der Waals surface area contributed by atoms with E-state index in [1.807, 2.05) is 6.07 Å². The van der Waals surface area contributed by atoms with Crippen LogP contribution in [0.15, 0.2) is 35.4 Å². The van der Waals surface area contributed by atoms with Gasteiger partial charge in [0.25, 0.3) is 5.91 Å². The molecule has 0 saturated heterocycles. The molecule has 0 bridgehead atoms. The van der Waals surface area contributed by atoms with E-state index in [0.717, 1.165) is 25.0 Å². The van der Waals surface area contributed by atoms with Crippen molar-refractivity contribution in [3.63, 3.8) is 0 Å². The molecule has 0 atom stereocenters. The first-order valence-corrected chi connectivity index (χ1v) is 10.2. The first kappa shape index (κ1) is 22.4. The fraction of sp³-hybridized carbons (Fsp3) is 0.300. The Hall–Kier alpha value is -3.26. The van der Waals surface area contributed by atoms with E-state index in [1.54, 1.807) is 6.26 Å². The first-order valence-electron chi connectivity index (χ1n) is 9.02. The summed E-state index contributed by atoms with van der Waals surface area (Å²) in [5.41, 5.74) is 1.03. The summed E-state index contributed by atoms with van der Waals surface area (Å²) in [6.07, 6.45) is -1.16. The lowest BCUT2D eigenvalue weighted by Gasteiger charge is -2.11. The number of pyridine rings is 1. The number of ether oxygens (including phenoxy) is 2. The van der Waals surface area contributed by atoms with Crippen LogP contribution in [0.4, 0.5) is 18.9 Å². The van der Waals surface area contributed by atoms with Gasteiger partial charge in [-0.05, 0) is 49.4 Å². The van der Waals surface area contributed by atoms with Gasteiger partial charge < -0.3 is 14.8 Å². The predicted molar refractivity (Wildman–Crippen MR) is 105 cm³/mol. The molecule has 1 amide bonds. The van der Waals surface area contributed by atoms with Crippen molar-refractivity contribution in [3.05, 3.63) is 47.2 Å². The molecule has 7 nitrogen and oxygen atoms in total. The summed E-state index contributed by atoms with van der Waals surface area (Å²) in [7, 11) is 0. The number of esters is 1. The van der Waals surface area contributed by atoms with Crippen LogP contribution in [0, 0.1) is 11.3 Å². The molecule has 11 heteroatoms. The number of hydrogen-bond acceptors (Lipinski definition) is 7. The van der Waals surface area contributed by atoms with Crippen molar-refractivity contribution in [3.8, 4) is 11.8 Å². The molecule has 1 fully saturated rings. The number of carbonyl (C=O) groups excluding carboxylic acids is 2. The number of nitrogens with zero attached hydrogens (tertiary/aromatic N) is 2. The van der Waals surface area contributed by atoms with E-state index < -0.39 is 30.6 Å². The first-order chi connectivity index (χ1) is 14.7. The SMILES string of the molecule is CSc1nc(C2CC2)cc(C(=O)OCC(=O)Nc2ccc(OC(F)(F)F)cc2)c1C#N. The van der Waals surface area contributed by atoms with Crippen molar-refractivity contribution >= 4 is 29.3 Å². The van der Waals surface area contributed by atoms with E-state index in [9.17, 15) is 28.0 Å². The molecule has 0 aliphatic heterocycles. The van der Waals surface area contributed by atoms with Crippen molar-refractivity contribution in [2.45, 2.75) is 30.1 Å². The number of rotatable bonds is 7. The Labute approximate surface area is 179 Å². The summed E-state index contributed by atoms with van der Waals surface area (Å²) in [4.78, 5) is 29.0. The molecule has 0 unspecified atom stereocenters. The normalized spacial score (nSPS) is 13.3. The maximum absolute atomic E-state index is 12.5. The minimum atomic E-state index is -4.82. The van der Waals surface area contributed by atoms with Gasteiger partial charge in [-0.1, -0.05) is 0 Å². The Morgan fingerprint density at radius 3 is 2.52 bits per heavy atom. The number of aromatic nitrogens is 1. The number of halogens is 3. The average Bonchev–Trinajstić information content (AvgIpc) is 3.56. The van der Waals surface area contributed by atoms with Gasteiger partial charge in [0.1, 0.15) is 16.8 Å². The number of anilines is 1. The van der Waals surface area contributed by atoms with E-state index in [4.69, 9.17) is 4.74 Å². The molecule has 162 valence electrons. The summed E-state index contributed by atoms with van der Waals surface area (Å²) in [5, 5.41) is 12.2. The quantitative estimate of drug-likeness (QED) is 0.496. The molecule has 1 aromatic heterocycles. The van der Waals surface area contributed by atoms with Gasteiger partial charge in [0.05, 0.1) is 11.1 Å². The minimum Gasteiger partial charge on any atom is -0.452 e. The molecule has 1 N–H and O–H groups in total. The van der Waals surface area contributed by atoms with Crippen LogP contribution in [0.5, 0.6) is 5.75 Å². The molecule has 1 heterocycles. The van der Waals surface area contributed by atoms with Crippen molar-refractivity contribution in [2.75, 3.05) is 18.2 Å². The second-order valence-corrected chi connectivity index (χ2v) is 7.36. The van der Waals surface area contributed by atoms with E-state index in [0.29, 0.717) is 10.7 Å². The maximum Gasteiger partial charge on any atom is 0.573 e. The van der Waals surface area contributed by atoms with Crippen LogP contribution < -0.4 is 10.1 Å². The topological polar surface area (TPSA) is 101 Å². The van der Waals surface area contributed by atoms with Crippen LogP contribution in [0.25, 0.3) is 0 Å². The van der Waals surface area contributed by atoms with Gasteiger partial charge in [0.2, 0.25) is 0 Å². The molecule has 1 aliphatic carbocycles. The smallest absolute Gasteiger partial charge is 0.452 e. The van der Waals surface area contributed by atoms with Gasteiger partial charge in [-0.3, -0.25) is 4.79 Å². The summed E-state index contributed by atoms with van der Waals surface area (Å²) >= 11 is 1.24. The number of amides is 1. The lowest BCUT2D eigenvalue weighted by atomic mass is 10.1. The lowest BCUT2D eigenvalue weighted by molar-refractivity contribution is -0.274. The standard InChI is InChI=1S/C20H16F3N3O4S/c1-31-18-15(9-24)14(8-16(26-18)11-2-3-11)19(28)29-10-17(27)25-12-4-6-13(7-5-12)30-20(21,22)23/h4-8,11H,2-3,10H2,1H3,(H,25,27). The largest absolute Gasteiger partial charge is 0.573 e. The molecule has 1 aromatic carbocycles. The number of carbonyl (C=O) groups is 2. The molecule has 0 radical (unpaired) electrons. The number of alkyl halides is 3. The second kappa shape index (κ2) is 9.26. The zero-order valence-electron chi connectivity index (χ0n) is 16.2. The number of nitriles is 1. The Bertz CT molecular complexity index is 1030. The number of thioether (sulfide) groups is 1. The molecule has 3 rings (SSSR count). The molecule has 31 heavy (non-hydrogen) atoms. The molecular weight excluding hydrogens is 435 g/mol. The van der Waals surface area contributed by atoms with Gasteiger partial charge in [-0.15, -0.1) is 24.9 Å². The highest BCUT2D eigenvalue weighted by Crippen LogP contribution is 2.40. The van der Waals surface area contributed by atoms with Crippen LogP contribution in [0.2, 0.25) is 0 Å². The van der Waals surface area contributed by atoms with Crippen molar-refractivity contribution in [2.24, 2.45) is 0 Å². The van der Waals surface area contributed by atoms with Gasteiger partial charge in [0, 0.05) is 17.3 Å². The van der Waals surface area contributed by atoms with Crippen LogP contribution in [0.3, 0.4) is 0 Å². The number of nitrogens with one attached hydrogen (secondary N) is 1. The highest BCUT2D eigenvalue weighted by Gasteiger charge is 2.31. The van der Waals surface area contributed by atoms with Crippen LogP contribution in [-0.2, 0) is 9.53 Å². The van der Waals surface area contributed by atoms with Gasteiger partial charge in [-0.25, -0.2) is 9.78 Å². The third kappa shape index (κ3) is 6.11. The Morgan fingerprint density at radius 1 is 1.29 bits per heavy atom. The third-order valence-electron chi connectivity index (χ3n) is 4.23. The van der Waals surface area contributed by atoms with E-state index in [2.05, 4.69) is 15.0 Å². The highest BCUT2D eigenvalue weighted by atomic mass is 32.2.